The molecule has 42 heavy (non-hydrogen) atoms. The second-order valence-corrected chi connectivity index (χ2v) is 10.7. The average molecular weight is 574 g/mol. The van der Waals surface area contributed by atoms with E-state index in [9.17, 15) is 9.18 Å². The zero-order valence-electron chi connectivity index (χ0n) is 24.6. The minimum Gasteiger partial charge on any atom is -0.494 e. The number of piperazine rings is 1. The number of hydrogen-bond donors (Lipinski definition) is 0. The van der Waals surface area contributed by atoms with Crippen molar-refractivity contribution in [3.63, 3.8) is 0 Å². The first-order chi connectivity index (χ1) is 20.5. The molecule has 2 aliphatic heterocycles. The molecule has 3 heterocycles. The minimum absolute atomic E-state index is 0.0463. The normalized spacial score (nSPS) is 17.7. The Labute approximate surface area is 247 Å². The summed E-state index contributed by atoms with van der Waals surface area (Å²) in [4.78, 5) is 28.7. The van der Waals surface area contributed by atoms with Gasteiger partial charge in [0, 0.05) is 37.6 Å². The Kier molecular flexibility index (Phi) is 9.69. The number of anilines is 1. The van der Waals surface area contributed by atoms with Gasteiger partial charge in [0.25, 0.3) is 0 Å². The van der Waals surface area contributed by atoms with Crippen LogP contribution >= 0.6 is 0 Å². The summed E-state index contributed by atoms with van der Waals surface area (Å²) < 4.78 is 26.1. The Bertz CT molecular complexity index is 1440. The van der Waals surface area contributed by atoms with Crippen LogP contribution in [0.2, 0.25) is 0 Å². The second-order valence-electron chi connectivity index (χ2n) is 10.7. The molecule has 0 aliphatic carbocycles. The summed E-state index contributed by atoms with van der Waals surface area (Å²) in [6.45, 7) is 13.6. The highest BCUT2D eigenvalue weighted by atomic mass is 19.1. The van der Waals surface area contributed by atoms with Crippen LogP contribution in [0.15, 0.2) is 49.1 Å². The molecule has 0 radical (unpaired) electrons. The van der Waals surface area contributed by atoms with Crippen LogP contribution in [0.5, 0.6) is 11.5 Å². The van der Waals surface area contributed by atoms with Gasteiger partial charge in [0.1, 0.15) is 18.2 Å². The van der Waals surface area contributed by atoms with E-state index in [-0.39, 0.29) is 23.5 Å². The molecule has 0 N–H and O–H groups in total. The lowest BCUT2D eigenvalue weighted by atomic mass is 10.1. The number of benzene rings is 2. The standard InChI is InChI=1S/C33H40FN5O3/c1-4-25-23-38(17-18-39(25)32(40)5-2)33-27-22-26(41-6-3)11-13-29(27)35-31(36-33)14-10-24-9-12-28(34)30(21-24)42-20-19-37-15-7-8-16-37/h5,9-14,21-22,25H,2,4,6-8,15-20,23H2,1,3H3/b14-10+/t25-/m0/s1. The predicted molar refractivity (Wildman–Crippen MR) is 165 cm³/mol. The topological polar surface area (TPSA) is 71.0 Å². The summed E-state index contributed by atoms with van der Waals surface area (Å²) in [5.41, 5.74) is 1.60. The highest BCUT2D eigenvalue weighted by molar-refractivity contribution is 5.92. The second kappa shape index (κ2) is 13.8. The number of aromatic nitrogens is 2. The van der Waals surface area contributed by atoms with Gasteiger partial charge >= 0.3 is 0 Å². The van der Waals surface area contributed by atoms with Gasteiger partial charge in [-0.05, 0) is 87.3 Å². The Balaban J connectivity index is 1.40. The third-order valence-electron chi connectivity index (χ3n) is 7.93. The van der Waals surface area contributed by atoms with Crippen molar-refractivity contribution in [2.24, 2.45) is 0 Å². The maximum atomic E-state index is 14.5. The van der Waals surface area contributed by atoms with Crippen molar-refractivity contribution in [1.29, 1.82) is 0 Å². The van der Waals surface area contributed by atoms with E-state index in [0.717, 1.165) is 54.1 Å². The monoisotopic (exact) mass is 573 g/mol. The summed E-state index contributed by atoms with van der Waals surface area (Å²) in [7, 11) is 0. The Morgan fingerprint density at radius 2 is 1.88 bits per heavy atom. The van der Waals surface area contributed by atoms with Gasteiger partial charge in [-0.3, -0.25) is 9.69 Å². The molecule has 5 rings (SSSR count). The molecule has 2 fully saturated rings. The lowest BCUT2D eigenvalue weighted by Gasteiger charge is -2.41. The Morgan fingerprint density at radius 1 is 1.05 bits per heavy atom. The lowest BCUT2D eigenvalue weighted by molar-refractivity contribution is -0.128. The first-order valence-corrected chi connectivity index (χ1v) is 14.9. The van der Waals surface area contributed by atoms with Crippen molar-refractivity contribution in [2.45, 2.75) is 39.2 Å². The van der Waals surface area contributed by atoms with Crippen molar-refractivity contribution in [3.8, 4) is 11.5 Å². The smallest absolute Gasteiger partial charge is 0.246 e. The predicted octanol–water partition coefficient (Wildman–Crippen LogP) is 5.43. The maximum Gasteiger partial charge on any atom is 0.246 e. The molecule has 8 nitrogen and oxygen atoms in total. The van der Waals surface area contributed by atoms with Crippen molar-refractivity contribution in [1.82, 2.24) is 19.8 Å². The van der Waals surface area contributed by atoms with Gasteiger partial charge in [0.05, 0.1) is 12.1 Å². The van der Waals surface area contributed by atoms with Gasteiger partial charge in [-0.25, -0.2) is 14.4 Å². The third-order valence-corrected chi connectivity index (χ3v) is 7.93. The lowest BCUT2D eigenvalue weighted by Crippen LogP contribution is -2.55. The summed E-state index contributed by atoms with van der Waals surface area (Å²) in [6, 6.07) is 10.8. The third kappa shape index (κ3) is 6.90. The van der Waals surface area contributed by atoms with Crippen molar-refractivity contribution < 1.29 is 18.7 Å². The number of ether oxygens (including phenoxy) is 2. The molecule has 222 valence electrons. The summed E-state index contributed by atoms with van der Waals surface area (Å²) in [6.07, 6.45) is 8.35. The average Bonchev–Trinajstić information content (AvgIpc) is 3.54. The number of rotatable bonds is 11. The van der Waals surface area contributed by atoms with E-state index in [0.29, 0.717) is 38.7 Å². The zero-order valence-corrected chi connectivity index (χ0v) is 24.6. The van der Waals surface area contributed by atoms with E-state index in [4.69, 9.17) is 19.4 Å². The maximum absolute atomic E-state index is 14.5. The van der Waals surface area contributed by atoms with E-state index in [1.807, 2.05) is 42.2 Å². The van der Waals surface area contributed by atoms with Gasteiger partial charge in [0.15, 0.2) is 17.4 Å². The molecular formula is C33H40FN5O3. The molecule has 2 aliphatic rings. The van der Waals surface area contributed by atoms with Crippen LogP contribution in [-0.4, -0.2) is 84.2 Å². The molecule has 1 amide bonds. The van der Waals surface area contributed by atoms with Crippen LogP contribution in [-0.2, 0) is 4.79 Å². The molecule has 1 aromatic heterocycles. The molecule has 0 bridgehead atoms. The van der Waals surface area contributed by atoms with E-state index in [1.54, 1.807) is 12.1 Å². The fourth-order valence-electron chi connectivity index (χ4n) is 5.68. The summed E-state index contributed by atoms with van der Waals surface area (Å²) in [5, 5.41) is 0.895. The molecule has 0 saturated carbocycles. The molecule has 3 aromatic rings. The van der Waals surface area contributed by atoms with Crippen molar-refractivity contribution in [2.75, 3.05) is 57.4 Å². The number of amides is 1. The van der Waals surface area contributed by atoms with Crippen LogP contribution in [0.4, 0.5) is 10.2 Å². The number of nitrogens with zero attached hydrogens (tertiary/aromatic N) is 5. The number of carbonyl (C=O) groups excluding carboxylic acids is 1. The first-order valence-electron chi connectivity index (χ1n) is 14.9. The van der Waals surface area contributed by atoms with Gasteiger partial charge in [-0.15, -0.1) is 0 Å². The molecular weight excluding hydrogens is 533 g/mol. The Hall–Kier alpha value is -3.98. The van der Waals surface area contributed by atoms with Crippen molar-refractivity contribution >= 4 is 34.8 Å². The van der Waals surface area contributed by atoms with E-state index in [2.05, 4.69) is 23.3 Å². The van der Waals surface area contributed by atoms with E-state index >= 15 is 0 Å². The minimum atomic E-state index is -0.373. The van der Waals surface area contributed by atoms with Crippen LogP contribution in [0, 0.1) is 5.82 Å². The van der Waals surface area contributed by atoms with Gasteiger partial charge in [0.2, 0.25) is 5.91 Å². The summed E-state index contributed by atoms with van der Waals surface area (Å²) >= 11 is 0. The Morgan fingerprint density at radius 3 is 2.64 bits per heavy atom. The number of carbonyl (C=O) groups is 1. The van der Waals surface area contributed by atoms with Crippen LogP contribution < -0.4 is 14.4 Å². The zero-order chi connectivity index (χ0) is 29.5. The first kappa shape index (κ1) is 29.5. The van der Waals surface area contributed by atoms with Gasteiger partial charge in [-0.2, -0.15) is 0 Å². The van der Waals surface area contributed by atoms with Crippen LogP contribution in [0.1, 0.15) is 44.5 Å². The van der Waals surface area contributed by atoms with Crippen molar-refractivity contribution in [3.05, 3.63) is 66.3 Å². The summed E-state index contributed by atoms with van der Waals surface area (Å²) in [5.74, 6) is 1.93. The fraction of sp³-hybridized carbons (Fsp3) is 0.424. The number of fused-ring (bicyclic) bond motifs is 1. The number of hydrogen-bond acceptors (Lipinski definition) is 7. The van der Waals surface area contributed by atoms with E-state index in [1.165, 1.54) is 25.0 Å². The van der Waals surface area contributed by atoms with Crippen LogP contribution in [0.3, 0.4) is 0 Å². The molecule has 2 aromatic carbocycles. The SMILES string of the molecule is C=CC(=O)N1CCN(c2nc(/C=C/c3ccc(F)c(OCCN4CCCC4)c3)nc3ccc(OCC)cc23)C[C@@H]1CC. The van der Waals surface area contributed by atoms with Gasteiger partial charge < -0.3 is 19.3 Å². The highest BCUT2D eigenvalue weighted by Gasteiger charge is 2.30. The van der Waals surface area contributed by atoms with Gasteiger partial charge in [-0.1, -0.05) is 25.6 Å². The molecule has 1 atom stereocenters. The number of likely N-dealkylation sites (tertiary alicyclic amines) is 1. The molecule has 0 unspecified atom stereocenters. The largest absolute Gasteiger partial charge is 0.494 e. The van der Waals surface area contributed by atoms with Crippen LogP contribution in [0.25, 0.3) is 23.1 Å². The molecule has 0 spiro atoms. The quantitative estimate of drug-likeness (QED) is 0.284. The van der Waals surface area contributed by atoms with E-state index < -0.39 is 0 Å². The molecule has 9 heteroatoms. The highest BCUT2D eigenvalue weighted by Crippen LogP contribution is 2.31. The molecule has 2 saturated heterocycles. The fourth-order valence-corrected chi connectivity index (χ4v) is 5.68. The number of halogens is 1.